The zero-order valence-corrected chi connectivity index (χ0v) is 31.6. The van der Waals surface area contributed by atoms with Gasteiger partial charge in [-0.05, 0) is 55.6 Å². The predicted octanol–water partition coefficient (Wildman–Crippen LogP) is 1.07. The van der Waals surface area contributed by atoms with Crippen molar-refractivity contribution >= 4 is 29.5 Å². The zero-order chi connectivity index (χ0) is 39.4. The van der Waals surface area contributed by atoms with Crippen LogP contribution in [0.4, 0.5) is 0 Å². The Bertz CT molecular complexity index is 1960. The lowest BCUT2D eigenvalue weighted by Crippen LogP contribution is -2.59. The van der Waals surface area contributed by atoms with Gasteiger partial charge in [0.25, 0.3) is 0 Å². The van der Waals surface area contributed by atoms with E-state index < -0.39 is 47.9 Å². The first-order chi connectivity index (χ1) is 27.2. The molecule has 294 valence electrons. The Morgan fingerprint density at radius 3 is 2.32 bits per heavy atom. The molecule has 15 heteroatoms. The summed E-state index contributed by atoms with van der Waals surface area (Å²) in [7, 11) is 1.65. The molecule has 3 aromatic carbocycles. The van der Waals surface area contributed by atoms with Crippen LogP contribution in [0.15, 0.2) is 91.1 Å². The quantitative estimate of drug-likeness (QED) is 0.175. The van der Waals surface area contributed by atoms with E-state index in [4.69, 9.17) is 4.74 Å². The van der Waals surface area contributed by atoms with Gasteiger partial charge in [-0.15, -0.1) is 5.10 Å². The zero-order valence-electron chi connectivity index (χ0n) is 31.6. The van der Waals surface area contributed by atoms with Gasteiger partial charge in [-0.1, -0.05) is 78.0 Å². The maximum atomic E-state index is 14.3. The van der Waals surface area contributed by atoms with E-state index in [-0.39, 0.29) is 50.8 Å². The van der Waals surface area contributed by atoms with Crippen LogP contribution in [0.2, 0.25) is 0 Å². The van der Waals surface area contributed by atoms with E-state index in [9.17, 15) is 24.0 Å². The Kier molecular flexibility index (Phi) is 13.4. The van der Waals surface area contributed by atoms with Gasteiger partial charge in [-0.2, -0.15) is 0 Å². The smallest absolute Gasteiger partial charge is 0.246 e. The molecule has 4 aromatic rings. The maximum absolute atomic E-state index is 14.3. The molecular weight excluding hydrogens is 715 g/mol. The summed E-state index contributed by atoms with van der Waals surface area (Å²) >= 11 is 0. The number of aromatic nitrogens is 3. The molecule has 0 aliphatic carbocycles. The van der Waals surface area contributed by atoms with E-state index in [1.54, 1.807) is 37.0 Å². The first-order valence-corrected chi connectivity index (χ1v) is 19.0. The third kappa shape index (κ3) is 10.6. The number of rotatable bonds is 8. The molecule has 1 aromatic heterocycles. The van der Waals surface area contributed by atoms with Gasteiger partial charge in [0.2, 0.25) is 29.5 Å². The molecule has 4 heterocycles. The van der Waals surface area contributed by atoms with Crippen molar-refractivity contribution in [1.29, 1.82) is 0 Å². The summed E-state index contributed by atoms with van der Waals surface area (Å²) in [4.78, 5) is 71.0. The van der Waals surface area contributed by atoms with Crippen LogP contribution >= 0.6 is 0 Å². The van der Waals surface area contributed by atoms with Crippen LogP contribution < -0.4 is 31.3 Å². The summed E-state index contributed by atoms with van der Waals surface area (Å²) in [5, 5.41) is 23.0. The van der Waals surface area contributed by atoms with Crippen LogP contribution in [0.3, 0.4) is 0 Å². The maximum Gasteiger partial charge on any atom is 0.246 e. The van der Waals surface area contributed by atoms with Crippen LogP contribution in [0.25, 0.3) is 0 Å². The Morgan fingerprint density at radius 2 is 1.61 bits per heavy atom. The highest BCUT2D eigenvalue weighted by Gasteiger charge is 2.40. The molecule has 5 amide bonds. The van der Waals surface area contributed by atoms with Gasteiger partial charge in [-0.3, -0.25) is 24.0 Å². The highest BCUT2D eigenvalue weighted by atomic mass is 16.5. The molecule has 7 rings (SSSR count). The SMILES string of the molecule is CN[C@@H](C)C(=O)N[C@H]1Cc2cn(nn2)CCOc2ccc(cc2)C[C@@H](C(=O)NCc2ccccc2)NC(=O)[C@H](Cc2ccccc2)NC(=O)[C@@H]2CCCN2C1=O. The van der Waals surface area contributed by atoms with Gasteiger partial charge in [0.05, 0.1) is 18.3 Å². The summed E-state index contributed by atoms with van der Waals surface area (Å²) in [5.74, 6) is -1.67. The number of likely N-dealkylation sites (N-methyl/N-ethyl adjacent to an activating group) is 1. The van der Waals surface area contributed by atoms with Crippen LogP contribution in [0.1, 0.15) is 42.1 Å². The van der Waals surface area contributed by atoms with E-state index >= 15 is 0 Å². The second-order valence-corrected chi connectivity index (χ2v) is 14.2. The Morgan fingerprint density at radius 1 is 0.893 bits per heavy atom. The minimum absolute atomic E-state index is 0.0426. The monoisotopic (exact) mass is 763 g/mol. The summed E-state index contributed by atoms with van der Waals surface area (Å²) in [6.45, 7) is 2.87. The van der Waals surface area contributed by atoms with Gasteiger partial charge >= 0.3 is 0 Å². The number of carbonyl (C=O) groups is 5. The lowest BCUT2D eigenvalue weighted by molar-refractivity contribution is -0.142. The molecular formula is C41H49N9O6. The standard InChI is InChI=1S/C41H49N9O6/c1-27(42-2)37(51)46-35-24-31-26-49(48-47-31)20-21-56-32-17-15-29(16-18-32)23-33(38(52)43-25-30-12-7-4-8-13-30)44-39(53)34(22-28-10-5-3-6-11-28)45-40(54)36-14-9-19-50(36)41(35)55/h3-8,10-13,15-18,26-27,33-36,42H,9,14,19-25H2,1-2H3,(H,43,52)(H,44,53)(H,45,54)(H,46,51)/t27-,33-,34-,35-,36-/m0/s1. The lowest BCUT2D eigenvalue weighted by atomic mass is 10.0. The van der Waals surface area contributed by atoms with E-state index in [1.165, 1.54) is 4.90 Å². The van der Waals surface area contributed by atoms with Crippen LogP contribution in [0, 0.1) is 0 Å². The summed E-state index contributed by atoms with van der Waals surface area (Å²) in [6.07, 6.45) is 2.97. The molecule has 4 bridgehead atoms. The fraction of sp³-hybridized carbons (Fsp3) is 0.390. The second kappa shape index (κ2) is 19.0. The number of fused-ring (bicyclic) bond motifs is 12. The van der Waals surface area contributed by atoms with Crippen LogP contribution in [0.5, 0.6) is 5.75 Å². The topological polar surface area (TPSA) is 189 Å². The molecule has 0 radical (unpaired) electrons. The van der Waals surface area contributed by atoms with Gasteiger partial charge in [0.15, 0.2) is 0 Å². The summed E-state index contributed by atoms with van der Waals surface area (Å²) in [6, 6.07) is 21.4. The third-order valence-corrected chi connectivity index (χ3v) is 10.1. The number of hydrogen-bond acceptors (Lipinski definition) is 9. The van der Waals surface area contributed by atoms with Crippen molar-refractivity contribution in [2.75, 3.05) is 20.2 Å². The number of carbonyl (C=O) groups excluding carboxylic acids is 5. The highest BCUT2D eigenvalue weighted by molar-refractivity contribution is 5.96. The Balaban J connectivity index is 1.31. The van der Waals surface area contributed by atoms with Crippen molar-refractivity contribution in [3.63, 3.8) is 0 Å². The van der Waals surface area contributed by atoms with Crippen LogP contribution in [-0.4, -0.2) is 99.8 Å². The molecule has 5 N–H and O–H groups in total. The highest BCUT2D eigenvalue weighted by Crippen LogP contribution is 2.21. The summed E-state index contributed by atoms with van der Waals surface area (Å²) in [5.41, 5.74) is 2.96. The molecule has 5 atom stereocenters. The largest absolute Gasteiger partial charge is 0.492 e. The number of amides is 5. The van der Waals surface area contributed by atoms with Gasteiger partial charge in [0.1, 0.15) is 36.5 Å². The predicted molar refractivity (Wildman–Crippen MR) is 207 cm³/mol. The van der Waals surface area contributed by atoms with E-state index in [0.29, 0.717) is 30.8 Å². The molecule has 0 unspecified atom stereocenters. The van der Waals surface area contributed by atoms with Crippen molar-refractivity contribution in [3.05, 3.63) is 114 Å². The van der Waals surface area contributed by atoms with Crippen molar-refractivity contribution in [1.82, 2.24) is 46.5 Å². The van der Waals surface area contributed by atoms with Gasteiger partial charge in [-0.25, -0.2) is 4.68 Å². The molecule has 1 fully saturated rings. The number of nitrogens with one attached hydrogen (secondary N) is 5. The second-order valence-electron chi connectivity index (χ2n) is 14.2. The number of ether oxygens (including phenoxy) is 1. The average molecular weight is 764 g/mol. The van der Waals surface area contributed by atoms with Crippen molar-refractivity contribution in [3.8, 4) is 5.75 Å². The number of nitrogens with zero attached hydrogens (tertiary/aromatic N) is 4. The lowest BCUT2D eigenvalue weighted by Gasteiger charge is -2.30. The molecule has 3 aliphatic rings. The van der Waals surface area contributed by atoms with Crippen molar-refractivity contribution in [2.45, 2.75) is 82.3 Å². The molecule has 15 nitrogen and oxygen atoms in total. The molecule has 0 saturated carbocycles. The van der Waals surface area contributed by atoms with E-state index in [0.717, 1.165) is 16.7 Å². The molecule has 3 aliphatic heterocycles. The molecule has 1 saturated heterocycles. The van der Waals surface area contributed by atoms with Gasteiger partial charge < -0.3 is 36.2 Å². The Labute approximate surface area is 325 Å². The minimum Gasteiger partial charge on any atom is -0.492 e. The normalized spacial score (nSPS) is 21.3. The van der Waals surface area contributed by atoms with Crippen molar-refractivity contribution in [2.24, 2.45) is 0 Å². The number of benzene rings is 3. The Hall–Kier alpha value is -6.09. The number of hydrogen-bond donors (Lipinski definition) is 5. The van der Waals surface area contributed by atoms with Crippen LogP contribution in [-0.2, 0) is 56.3 Å². The average Bonchev–Trinajstić information content (AvgIpc) is 3.90. The fourth-order valence-corrected chi connectivity index (χ4v) is 6.81. The van der Waals surface area contributed by atoms with Gasteiger partial charge in [0, 0.05) is 38.5 Å². The fourth-order valence-electron chi connectivity index (χ4n) is 6.81. The summed E-state index contributed by atoms with van der Waals surface area (Å²) < 4.78 is 7.58. The minimum atomic E-state index is -1.08. The molecule has 0 spiro atoms. The first kappa shape index (κ1) is 39.6. The van der Waals surface area contributed by atoms with Crippen molar-refractivity contribution < 1.29 is 28.7 Å². The molecule has 56 heavy (non-hydrogen) atoms. The third-order valence-electron chi connectivity index (χ3n) is 10.1. The van der Waals surface area contributed by atoms with E-state index in [1.807, 2.05) is 72.8 Å². The first-order valence-electron chi connectivity index (χ1n) is 19.0. The van der Waals surface area contributed by atoms with E-state index in [2.05, 4.69) is 36.9 Å².